The molecule has 1 aromatic heterocycles. The van der Waals surface area contributed by atoms with Crippen molar-refractivity contribution in [3.05, 3.63) is 66.4 Å². The van der Waals surface area contributed by atoms with Crippen LogP contribution in [0.5, 0.6) is 0 Å². The molecule has 2 nitrogen and oxygen atoms in total. The fourth-order valence-electron chi connectivity index (χ4n) is 3.16. The molecule has 1 unspecified atom stereocenters. The quantitative estimate of drug-likeness (QED) is 0.468. The van der Waals surface area contributed by atoms with Crippen LogP contribution < -0.4 is 0 Å². The van der Waals surface area contributed by atoms with Crippen LogP contribution in [0.15, 0.2) is 60.7 Å². The van der Waals surface area contributed by atoms with Gasteiger partial charge in [0.2, 0.25) is 0 Å². The lowest BCUT2D eigenvalue weighted by Crippen LogP contribution is -1.94. The summed E-state index contributed by atoms with van der Waals surface area (Å²) < 4.78 is 0. The third kappa shape index (κ3) is 4.60. The Morgan fingerprint density at radius 2 is 1.52 bits per heavy atom. The number of aryl methyl sites for hydroxylation is 1. The highest BCUT2D eigenvalue weighted by Crippen LogP contribution is 2.27. The number of imidazole rings is 1. The molecule has 1 atom stereocenters. The van der Waals surface area contributed by atoms with E-state index in [1.54, 1.807) is 0 Å². The van der Waals surface area contributed by atoms with E-state index in [1.807, 2.05) is 6.07 Å². The molecule has 1 heterocycles. The fourth-order valence-corrected chi connectivity index (χ4v) is 3.16. The molecular weight excluding hydrogens is 304 g/mol. The Hall–Kier alpha value is -2.35. The summed E-state index contributed by atoms with van der Waals surface area (Å²) in [6, 6.07) is 20.9. The summed E-state index contributed by atoms with van der Waals surface area (Å²) >= 11 is 0. The number of unbranched alkanes of at least 4 members (excludes halogenated alkanes) is 1. The molecule has 0 aliphatic rings. The summed E-state index contributed by atoms with van der Waals surface area (Å²) in [7, 11) is 0. The predicted molar refractivity (Wildman–Crippen MR) is 106 cm³/mol. The number of aromatic amines is 1. The molecule has 0 spiro atoms. The van der Waals surface area contributed by atoms with Crippen molar-refractivity contribution >= 4 is 0 Å². The molecule has 3 aromatic rings. The van der Waals surface area contributed by atoms with Crippen LogP contribution in [0, 0.1) is 5.92 Å². The van der Waals surface area contributed by atoms with Gasteiger partial charge in [0.05, 0.1) is 5.69 Å². The van der Waals surface area contributed by atoms with Crippen LogP contribution in [-0.4, -0.2) is 9.97 Å². The van der Waals surface area contributed by atoms with E-state index in [2.05, 4.69) is 73.4 Å². The average molecular weight is 332 g/mol. The zero-order valence-electron chi connectivity index (χ0n) is 15.3. The Labute approximate surface area is 151 Å². The van der Waals surface area contributed by atoms with E-state index in [-0.39, 0.29) is 0 Å². The molecule has 0 amide bonds. The van der Waals surface area contributed by atoms with Crippen LogP contribution in [0.4, 0.5) is 0 Å². The first-order chi connectivity index (χ1) is 12.3. The molecule has 2 heteroatoms. The van der Waals surface area contributed by atoms with Crippen LogP contribution in [0.3, 0.4) is 0 Å². The van der Waals surface area contributed by atoms with Gasteiger partial charge in [0.25, 0.3) is 0 Å². The van der Waals surface area contributed by atoms with E-state index in [4.69, 9.17) is 4.98 Å². The van der Waals surface area contributed by atoms with Gasteiger partial charge < -0.3 is 4.98 Å². The molecule has 1 N–H and O–H groups in total. The van der Waals surface area contributed by atoms with Gasteiger partial charge in [0, 0.05) is 16.8 Å². The molecule has 0 radical (unpaired) electrons. The van der Waals surface area contributed by atoms with Crippen molar-refractivity contribution in [1.29, 1.82) is 0 Å². The summed E-state index contributed by atoms with van der Waals surface area (Å²) in [5.41, 5.74) is 4.69. The molecule has 2 aromatic carbocycles. The third-order valence-corrected chi connectivity index (χ3v) is 4.94. The van der Waals surface area contributed by atoms with Gasteiger partial charge in [-0.1, -0.05) is 93.8 Å². The van der Waals surface area contributed by atoms with Gasteiger partial charge in [-0.15, -0.1) is 0 Å². The summed E-state index contributed by atoms with van der Waals surface area (Å²) in [6.07, 6.45) is 6.14. The highest BCUT2D eigenvalue weighted by atomic mass is 14.9. The average Bonchev–Trinajstić information content (AvgIpc) is 3.10. The van der Waals surface area contributed by atoms with E-state index in [9.17, 15) is 0 Å². The van der Waals surface area contributed by atoms with Gasteiger partial charge in [0.15, 0.2) is 0 Å². The van der Waals surface area contributed by atoms with Crippen LogP contribution in [0.1, 0.15) is 45.2 Å². The van der Waals surface area contributed by atoms with Gasteiger partial charge in [-0.3, -0.25) is 0 Å². The van der Waals surface area contributed by atoms with Crippen LogP contribution in [-0.2, 0) is 6.42 Å². The van der Waals surface area contributed by atoms with E-state index in [0.717, 1.165) is 29.4 Å². The maximum atomic E-state index is 4.93. The minimum absolute atomic E-state index is 0.829. The maximum Gasteiger partial charge on any atom is 0.138 e. The Balaban J connectivity index is 1.81. The molecule has 3 rings (SSSR count). The van der Waals surface area contributed by atoms with Crippen molar-refractivity contribution in [2.45, 2.75) is 46.0 Å². The van der Waals surface area contributed by atoms with Gasteiger partial charge in [-0.25, -0.2) is 4.98 Å². The zero-order chi connectivity index (χ0) is 17.5. The van der Waals surface area contributed by atoms with E-state index in [0.29, 0.717) is 0 Å². The fraction of sp³-hybridized carbons (Fsp3) is 0.348. The SMILES string of the molecule is CCC(C)CCCCc1[nH]c(-c2ccccc2)nc1-c1ccccc1. The summed E-state index contributed by atoms with van der Waals surface area (Å²) in [5.74, 6) is 1.80. The molecule has 0 saturated heterocycles. The number of aromatic nitrogens is 2. The first-order valence-corrected chi connectivity index (χ1v) is 9.47. The number of nitrogens with one attached hydrogen (secondary N) is 1. The smallest absolute Gasteiger partial charge is 0.138 e. The maximum absolute atomic E-state index is 4.93. The van der Waals surface area contributed by atoms with Crippen molar-refractivity contribution in [3.8, 4) is 22.6 Å². The van der Waals surface area contributed by atoms with E-state index < -0.39 is 0 Å². The zero-order valence-corrected chi connectivity index (χ0v) is 15.3. The lowest BCUT2D eigenvalue weighted by molar-refractivity contribution is 0.484. The first kappa shape index (κ1) is 17.5. The van der Waals surface area contributed by atoms with Crippen LogP contribution >= 0.6 is 0 Å². The minimum atomic E-state index is 0.829. The standard InChI is InChI=1S/C23H28N2/c1-3-18(2)12-10-11-17-21-22(19-13-6-4-7-14-19)25-23(24-21)20-15-8-5-9-16-20/h4-9,13-16,18H,3,10-12,17H2,1-2H3,(H,24,25). The van der Waals surface area contributed by atoms with Crippen molar-refractivity contribution in [2.24, 2.45) is 5.92 Å². The summed E-state index contributed by atoms with van der Waals surface area (Å²) in [4.78, 5) is 8.51. The number of benzene rings is 2. The second-order valence-electron chi connectivity index (χ2n) is 6.90. The van der Waals surface area contributed by atoms with Crippen molar-refractivity contribution in [1.82, 2.24) is 9.97 Å². The second-order valence-corrected chi connectivity index (χ2v) is 6.90. The largest absolute Gasteiger partial charge is 0.341 e. The Morgan fingerprint density at radius 1 is 0.880 bits per heavy atom. The number of rotatable bonds is 8. The normalized spacial score (nSPS) is 12.2. The summed E-state index contributed by atoms with van der Waals surface area (Å²) in [6.45, 7) is 4.62. The van der Waals surface area contributed by atoms with Gasteiger partial charge in [-0.2, -0.15) is 0 Å². The van der Waals surface area contributed by atoms with Crippen LogP contribution in [0.25, 0.3) is 22.6 Å². The van der Waals surface area contributed by atoms with Crippen molar-refractivity contribution in [2.75, 3.05) is 0 Å². The Kier molecular flexibility index (Phi) is 6.05. The Bertz CT molecular complexity index is 759. The van der Waals surface area contributed by atoms with Crippen molar-refractivity contribution in [3.63, 3.8) is 0 Å². The third-order valence-electron chi connectivity index (χ3n) is 4.94. The van der Waals surface area contributed by atoms with E-state index >= 15 is 0 Å². The molecule has 0 aliphatic carbocycles. The first-order valence-electron chi connectivity index (χ1n) is 9.47. The monoisotopic (exact) mass is 332 g/mol. The van der Waals surface area contributed by atoms with E-state index in [1.165, 1.54) is 36.9 Å². The van der Waals surface area contributed by atoms with Crippen molar-refractivity contribution < 1.29 is 0 Å². The van der Waals surface area contributed by atoms with Gasteiger partial charge >= 0.3 is 0 Å². The van der Waals surface area contributed by atoms with Gasteiger partial charge in [0.1, 0.15) is 5.82 Å². The molecule has 0 fully saturated rings. The highest BCUT2D eigenvalue weighted by Gasteiger charge is 2.13. The van der Waals surface area contributed by atoms with Gasteiger partial charge in [-0.05, 0) is 18.8 Å². The molecule has 0 aliphatic heterocycles. The lowest BCUT2D eigenvalue weighted by Gasteiger charge is -2.07. The second kappa shape index (κ2) is 8.66. The molecular formula is C23H28N2. The number of H-pyrrole nitrogens is 1. The van der Waals surface area contributed by atoms with Crippen LogP contribution in [0.2, 0.25) is 0 Å². The summed E-state index contributed by atoms with van der Waals surface area (Å²) in [5, 5.41) is 0. The minimum Gasteiger partial charge on any atom is -0.341 e. The lowest BCUT2D eigenvalue weighted by atomic mass is 9.99. The number of nitrogens with zero attached hydrogens (tertiary/aromatic N) is 1. The molecule has 25 heavy (non-hydrogen) atoms. The Morgan fingerprint density at radius 3 is 2.16 bits per heavy atom. The molecule has 0 saturated carbocycles. The molecule has 0 bridgehead atoms. The topological polar surface area (TPSA) is 28.7 Å². The predicted octanol–water partition coefficient (Wildman–Crippen LogP) is 6.50. The highest BCUT2D eigenvalue weighted by molar-refractivity contribution is 5.67. The molecule has 130 valence electrons. The number of hydrogen-bond acceptors (Lipinski definition) is 1. The number of hydrogen-bond donors (Lipinski definition) is 1.